The van der Waals surface area contributed by atoms with Crippen LogP contribution in [0.5, 0.6) is 0 Å². The van der Waals surface area contributed by atoms with Crippen LogP contribution in [-0.2, 0) is 0 Å². The smallest absolute Gasteiger partial charge is 0.315 e. The summed E-state index contributed by atoms with van der Waals surface area (Å²) >= 11 is 0. The lowest BCUT2D eigenvalue weighted by Crippen LogP contribution is -2.49. The van der Waals surface area contributed by atoms with Crippen molar-refractivity contribution < 1.29 is 4.79 Å². The molecule has 0 unspecified atom stereocenters. The van der Waals surface area contributed by atoms with Crippen LogP contribution in [0, 0.1) is 0 Å². The normalized spacial score (nSPS) is 23.2. The molecule has 0 aromatic carbocycles. The third-order valence-corrected chi connectivity index (χ3v) is 4.15. The van der Waals surface area contributed by atoms with E-state index in [4.69, 9.17) is 0 Å². The van der Waals surface area contributed by atoms with Crippen molar-refractivity contribution in [3.05, 3.63) is 0 Å². The second kappa shape index (κ2) is 6.98. The average Bonchev–Trinajstić information content (AvgIpc) is 2.84. The lowest BCUT2D eigenvalue weighted by molar-refractivity contribution is 0.191. The molecular formula is C14H27N3O. The first-order valence-electron chi connectivity index (χ1n) is 7.57. The molecule has 4 heteroatoms. The summed E-state index contributed by atoms with van der Waals surface area (Å²) in [5.41, 5.74) is 0. The number of likely N-dealkylation sites (tertiary alicyclic amines) is 1. The molecule has 1 aliphatic heterocycles. The van der Waals surface area contributed by atoms with Gasteiger partial charge in [-0.2, -0.15) is 0 Å². The monoisotopic (exact) mass is 253 g/mol. The van der Waals surface area contributed by atoms with E-state index in [2.05, 4.69) is 22.5 Å². The molecule has 104 valence electrons. The van der Waals surface area contributed by atoms with Crippen LogP contribution < -0.4 is 10.6 Å². The summed E-state index contributed by atoms with van der Waals surface area (Å²) in [7, 11) is 0. The molecule has 0 aromatic rings. The number of hydrogen-bond acceptors (Lipinski definition) is 2. The zero-order chi connectivity index (χ0) is 12.8. The van der Waals surface area contributed by atoms with Crippen LogP contribution in [0.2, 0.25) is 0 Å². The Bertz CT molecular complexity index is 256. The average molecular weight is 253 g/mol. The number of urea groups is 1. The fraction of sp³-hybridized carbons (Fsp3) is 0.929. The minimum Gasteiger partial charge on any atom is -0.335 e. The molecule has 0 aromatic heterocycles. The molecule has 0 bridgehead atoms. The summed E-state index contributed by atoms with van der Waals surface area (Å²) in [6.45, 7) is 5.67. The second-order valence-corrected chi connectivity index (χ2v) is 5.72. The van der Waals surface area contributed by atoms with Gasteiger partial charge in [0, 0.05) is 25.2 Å². The maximum absolute atomic E-state index is 11.8. The van der Waals surface area contributed by atoms with Crippen molar-refractivity contribution in [2.75, 3.05) is 19.6 Å². The molecule has 4 nitrogen and oxygen atoms in total. The van der Waals surface area contributed by atoms with Gasteiger partial charge in [-0.1, -0.05) is 19.8 Å². The molecule has 2 fully saturated rings. The van der Waals surface area contributed by atoms with Gasteiger partial charge in [-0.15, -0.1) is 0 Å². The summed E-state index contributed by atoms with van der Waals surface area (Å²) in [5.74, 6) is 0. The van der Waals surface area contributed by atoms with Crippen LogP contribution in [0.1, 0.15) is 51.9 Å². The fourth-order valence-electron chi connectivity index (χ4n) is 3.10. The summed E-state index contributed by atoms with van der Waals surface area (Å²) in [4.78, 5) is 14.3. The molecule has 1 heterocycles. The SMILES string of the molecule is CCCN1CCC(NC(=O)NC2CCCC2)CC1. The number of hydrogen-bond donors (Lipinski definition) is 2. The van der Waals surface area contributed by atoms with E-state index in [-0.39, 0.29) is 6.03 Å². The summed E-state index contributed by atoms with van der Waals surface area (Å²) in [5, 5.41) is 6.23. The molecule has 1 saturated heterocycles. The van der Waals surface area contributed by atoms with Gasteiger partial charge in [0.25, 0.3) is 0 Å². The van der Waals surface area contributed by atoms with Crippen molar-refractivity contribution >= 4 is 6.03 Å². The zero-order valence-electron chi connectivity index (χ0n) is 11.6. The standard InChI is InChI=1S/C14H27N3O/c1-2-9-17-10-7-13(8-11-17)16-14(18)15-12-5-3-4-6-12/h12-13H,2-11H2,1H3,(H2,15,16,18). The van der Waals surface area contributed by atoms with Crippen molar-refractivity contribution in [3.8, 4) is 0 Å². The molecule has 18 heavy (non-hydrogen) atoms. The highest BCUT2D eigenvalue weighted by molar-refractivity contribution is 5.74. The lowest BCUT2D eigenvalue weighted by Gasteiger charge is -2.32. The van der Waals surface area contributed by atoms with Gasteiger partial charge in [-0.3, -0.25) is 0 Å². The number of rotatable bonds is 4. The molecule has 0 radical (unpaired) electrons. The molecule has 2 rings (SSSR count). The van der Waals surface area contributed by atoms with Crippen LogP contribution in [0.3, 0.4) is 0 Å². The number of nitrogens with zero attached hydrogens (tertiary/aromatic N) is 1. The van der Waals surface area contributed by atoms with Crippen LogP contribution in [0.25, 0.3) is 0 Å². The highest BCUT2D eigenvalue weighted by Gasteiger charge is 2.22. The fourth-order valence-corrected chi connectivity index (χ4v) is 3.10. The molecule has 0 atom stereocenters. The van der Waals surface area contributed by atoms with Crippen molar-refractivity contribution in [3.63, 3.8) is 0 Å². The Morgan fingerprint density at radius 1 is 1.06 bits per heavy atom. The Morgan fingerprint density at radius 2 is 1.61 bits per heavy atom. The maximum Gasteiger partial charge on any atom is 0.315 e. The Balaban J connectivity index is 1.63. The zero-order valence-corrected chi connectivity index (χ0v) is 11.6. The van der Waals surface area contributed by atoms with Gasteiger partial charge in [-0.25, -0.2) is 4.79 Å². The van der Waals surface area contributed by atoms with E-state index in [1.165, 1.54) is 25.8 Å². The van der Waals surface area contributed by atoms with Gasteiger partial charge in [0.15, 0.2) is 0 Å². The number of amides is 2. The van der Waals surface area contributed by atoms with E-state index in [1.807, 2.05) is 0 Å². The molecule has 0 spiro atoms. The molecule has 2 amide bonds. The predicted molar refractivity (Wildman–Crippen MR) is 73.7 cm³/mol. The largest absolute Gasteiger partial charge is 0.335 e. The quantitative estimate of drug-likeness (QED) is 0.806. The van der Waals surface area contributed by atoms with E-state index in [0.717, 1.165) is 38.8 Å². The maximum atomic E-state index is 11.8. The van der Waals surface area contributed by atoms with Gasteiger partial charge < -0.3 is 15.5 Å². The first-order chi connectivity index (χ1) is 8.78. The number of nitrogens with one attached hydrogen (secondary N) is 2. The second-order valence-electron chi connectivity index (χ2n) is 5.72. The summed E-state index contributed by atoms with van der Waals surface area (Å²) < 4.78 is 0. The van der Waals surface area contributed by atoms with Gasteiger partial charge in [0.05, 0.1) is 0 Å². The van der Waals surface area contributed by atoms with E-state index >= 15 is 0 Å². The molecular weight excluding hydrogens is 226 g/mol. The molecule has 2 N–H and O–H groups in total. The van der Waals surface area contributed by atoms with E-state index in [9.17, 15) is 4.79 Å². The first-order valence-corrected chi connectivity index (χ1v) is 7.57. The van der Waals surface area contributed by atoms with Gasteiger partial charge in [0.2, 0.25) is 0 Å². The van der Waals surface area contributed by atoms with Gasteiger partial charge in [-0.05, 0) is 38.6 Å². The summed E-state index contributed by atoms with van der Waals surface area (Å²) in [6.07, 6.45) is 8.25. The van der Waals surface area contributed by atoms with Gasteiger partial charge in [0.1, 0.15) is 0 Å². The Hall–Kier alpha value is -0.770. The van der Waals surface area contributed by atoms with Crippen LogP contribution in [-0.4, -0.2) is 42.6 Å². The number of carbonyl (C=O) groups is 1. The molecule has 1 aliphatic carbocycles. The minimum atomic E-state index is 0.0517. The van der Waals surface area contributed by atoms with E-state index in [1.54, 1.807) is 0 Å². The predicted octanol–water partition coefficient (Wildman–Crippen LogP) is 2.10. The van der Waals surface area contributed by atoms with Crippen LogP contribution >= 0.6 is 0 Å². The number of piperidine rings is 1. The topological polar surface area (TPSA) is 44.4 Å². The molecule has 2 aliphatic rings. The highest BCUT2D eigenvalue weighted by atomic mass is 16.2. The van der Waals surface area contributed by atoms with Crippen molar-refractivity contribution in [1.29, 1.82) is 0 Å². The first kappa shape index (κ1) is 13.7. The third-order valence-electron chi connectivity index (χ3n) is 4.15. The van der Waals surface area contributed by atoms with Crippen molar-refractivity contribution in [2.24, 2.45) is 0 Å². The minimum absolute atomic E-state index is 0.0517. The van der Waals surface area contributed by atoms with Crippen molar-refractivity contribution in [2.45, 2.75) is 64.0 Å². The Kier molecular flexibility index (Phi) is 5.29. The highest BCUT2D eigenvalue weighted by Crippen LogP contribution is 2.17. The third kappa shape index (κ3) is 4.16. The van der Waals surface area contributed by atoms with Gasteiger partial charge >= 0.3 is 6.03 Å². The molecule has 1 saturated carbocycles. The Labute approximate surface area is 110 Å². The van der Waals surface area contributed by atoms with Crippen LogP contribution in [0.15, 0.2) is 0 Å². The number of carbonyl (C=O) groups excluding carboxylic acids is 1. The van der Waals surface area contributed by atoms with E-state index in [0.29, 0.717) is 12.1 Å². The lowest BCUT2D eigenvalue weighted by atomic mass is 10.1. The van der Waals surface area contributed by atoms with Crippen LogP contribution in [0.4, 0.5) is 4.79 Å². The summed E-state index contributed by atoms with van der Waals surface area (Å²) in [6, 6.07) is 0.848. The van der Waals surface area contributed by atoms with Crippen molar-refractivity contribution in [1.82, 2.24) is 15.5 Å². The van der Waals surface area contributed by atoms with E-state index < -0.39 is 0 Å². The Morgan fingerprint density at radius 3 is 2.17 bits per heavy atom.